The molecule has 3 aromatic carbocycles. The number of carbonyl (C=O) groups is 1. The summed E-state index contributed by atoms with van der Waals surface area (Å²) in [6, 6.07) is 20.9. The Labute approximate surface area is 334 Å². The Morgan fingerprint density at radius 2 is 1.55 bits per heavy atom. The van der Waals surface area contributed by atoms with Gasteiger partial charge in [0.05, 0.1) is 0 Å². The number of carbonyl (C=O) groups excluding carboxylic acids is 1. The van der Waals surface area contributed by atoms with Crippen molar-refractivity contribution in [2.75, 3.05) is 0 Å². The SMILES string of the molecule is CCC(C)(CC)C(=O)/C=C(\O)C(C)(CC)CC.Cc1sc2ccc3oc4c(-c5[c-]c6ccccc6c(C(C)(C)C)c5)nccc4c3c2c1CC(C)C.[Ir]. The number of hydrogen-bond acceptors (Lipinski definition) is 5. The maximum atomic E-state index is 12.2. The Hall–Kier alpha value is -3.31. The van der Waals surface area contributed by atoms with Gasteiger partial charge in [-0.15, -0.1) is 40.5 Å². The van der Waals surface area contributed by atoms with Crippen LogP contribution in [0.3, 0.4) is 0 Å². The first-order chi connectivity index (χ1) is 24.5. The first-order valence-electron chi connectivity index (χ1n) is 19.1. The Kier molecular flexibility index (Phi) is 13.3. The number of fused-ring (bicyclic) bond motifs is 6. The summed E-state index contributed by atoms with van der Waals surface area (Å²) in [6.45, 7) is 25.7. The Balaban J connectivity index is 0.000000299. The van der Waals surface area contributed by atoms with Crippen LogP contribution < -0.4 is 0 Å². The zero-order chi connectivity index (χ0) is 38.2. The molecule has 285 valence electrons. The Bertz CT molecular complexity index is 2260. The van der Waals surface area contributed by atoms with Crippen molar-refractivity contribution in [3.8, 4) is 11.3 Å². The summed E-state index contributed by atoms with van der Waals surface area (Å²) < 4.78 is 7.91. The van der Waals surface area contributed by atoms with E-state index < -0.39 is 0 Å². The van der Waals surface area contributed by atoms with Crippen LogP contribution in [0.4, 0.5) is 0 Å². The fraction of sp³-hybridized carbons (Fsp3) is 0.447. The van der Waals surface area contributed by atoms with Gasteiger partial charge in [0.1, 0.15) is 16.9 Å². The van der Waals surface area contributed by atoms with E-state index in [-0.39, 0.29) is 47.9 Å². The molecule has 0 aliphatic rings. The molecule has 4 nitrogen and oxygen atoms in total. The molecule has 0 saturated heterocycles. The topological polar surface area (TPSA) is 63.3 Å². The molecule has 0 saturated carbocycles. The Morgan fingerprint density at radius 3 is 2.15 bits per heavy atom. The van der Waals surface area contributed by atoms with Gasteiger partial charge < -0.3 is 9.52 Å². The van der Waals surface area contributed by atoms with Gasteiger partial charge in [-0.25, -0.2) is 0 Å². The summed E-state index contributed by atoms with van der Waals surface area (Å²) in [6.07, 6.45) is 7.75. The second-order valence-electron chi connectivity index (χ2n) is 16.5. The zero-order valence-corrected chi connectivity index (χ0v) is 37.1. The number of rotatable bonds is 10. The first kappa shape index (κ1) is 42.4. The number of ketones is 1. The van der Waals surface area contributed by atoms with Crippen LogP contribution >= 0.6 is 11.3 Å². The van der Waals surface area contributed by atoms with Gasteiger partial charge in [-0.2, -0.15) is 0 Å². The molecule has 1 N–H and O–H groups in total. The van der Waals surface area contributed by atoms with E-state index in [0.29, 0.717) is 5.92 Å². The summed E-state index contributed by atoms with van der Waals surface area (Å²) in [7, 11) is 0. The molecule has 6 heteroatoms. The number of aliphatic hydroxyl groups is 1. The Morgan fingerprint density at radius 1 is 0.906 bits per heavy atom. The standard InChI is InChI=1S/C32H30NOS.C15H28O2.Ir/c1-18(2)15-24-19(3)35-27-12-11-26-28(29(24)27)23-13-14-33-30(31(23)34-26)21-16-20-9-7-8-10-22(20)25(17-21)32(4,5)6;1-7-14(5,8-2)12(16)11-13(17)15(6,9-3)10-4;/h7-14,17-18H,15H2,1-6H3;11,16H,7-10H2,1-6H3;/q-1;;/b;12-11-;. The number of benzene rings is 3. The molecule has 0 bridgehead atoms. The van der Waals surface area contributed by atoms with Crippen LogP contribution in [0.1, 0.15) is 118 Å². The van der Waals surface area contributed by atoms with Crippen molar-refractivity contribution < 1.29 is 34.4 Å². The van der Waals surface area contributed by atoms with Crippen molar-refractivity contribution in [2.24, 2.45) is 16.7 Å². The molecule has 53 heavy (non-hydrogen) atoms. The van der Waals surface area contributed by atoms with E-state index >= 15 is 0 Å². The molecule has 0 fully saturated rings. The quantitative estimate of drug-likeness (QED) is 0.0845. The van der Waals surface area contributed by atoms with E-state index in [0.717, 1.165) is 65.3 Å². The maximum absolute atomic E-state index is 12.2. The van der Waals surface area contributed by atoms with Crippen molar-refractivity contribution in [3.05, 3.63) is 88.6 Å². The van der Waals surface area contributed by atoms with E-state index in [1.165, 1.54) is 42.9 Å². The van der Waals surface area contributed by atoms with Crippen LogP contribution in [0.25, 0.3) is 54.1 Å². The summed E-state index contributed by atoms with van der Waals surface area (Å²) >= 11 is 1.89. The van der Waals surface area contributed by atoms with Gasteiger partial charge in [0, 0.05) is 74.6 Å². The van der Waals surface area contributed by atoms with Gasteiger partial charge in [-0.05, 0) is 74.1 Å². The van der Waals surface area contributed by atoms with E-state index in [1.807, 2.05) is 59.1 Å². The second-order valence-corrected chi connectivity index (χ2v) is 17.8. The van der Waals surface area contributed by atoms with E-state index in [9.17, 15) is 9.90 Å². The number of aryl methyl sites for hydroxylation is 1. The molecule has 6 rings (SSSR count). The van der Waals surface area contributed by atoms with Crippen LogP contribution in [0.2, 0.25) is 0 Å². The predicted octanol–water partition coefficient (Wildman–Crippen LogP) is 14.3. The summed E-state index contributed by atoms with van der Waals surface area (Å²) in [5.74, 6) is 0.883. The number of allylic oxidation sites excluding steroid dienone is 2. The van der Waals surface area contributed by atoms with Crippen LogP contribution in [0, 0.1) is 29.7 Å². The molecule has 0 spiro atoms. The molecule has 0 aliphatic heterocycles. The van der Waals surface area contributed by atoms with Crippen LogP contribution in [0.5, 0.6) is 0 Å². The average Bonchev–Trinajstić information content (AvgIpc) is 3.66. The number of pyridine rings is 1. The van der Waals surface area contributed by atoms with Gasteiger partial charge in [-0.1, -0.05) is 105 Å². The average molecular weight is 909 g/mol. The number of thiophene rings is 1. The number of hydrogen-bond donors (Lipinski definition) is 1. The van der Waals surface area contributed by atoms with Crippen molar-refractivity contribution in [1.82, 2.24) is 4.98 Å². The number of furan rings is 1. The summed E-state index contributed by atoms with van der Waals surface area (Å²) in [5.41, 5.74) is 5.78. The van der Waals surface area contributed by atoms with Crippen LogP contribution in [-0.4, -0.2) is 15.9 Å². The van der Waals surface area contributed by atoms with Crippen molar-refractivity contribution in [2.45, 2.75) is 121 Å². The third-order valence-corrected chi connectivity index (χ3v) is 12.7. The molecular weight excluding hydrogens is 851 g/mol. The smallest absolute Gasteiger partial charge is 0.164 e. The van der Waals surface area contributed by atoms with Gasteiger partial charge in [0.2, 0.25) is 0 Å². The summed E-state index contributed by atoms with van der Waals surface area (Å²) in [5, 5.41) is 16.2. The van der Waals surface area contributed by atoms with E-state index in [4.69, 9.17) is 9.40 Å². The van der Waals surface area contributed by atoms with Gasteiger partial charge >= 0.3 is 0 Å². The normalized spacial score (nSPS) is 12.8. The fourth-order valence-corrected chi connectivity index (χ4v) is 8.17. The molecular formula is C47H58IrNO3S-. The first-order valence-corrected chi connectivity index (χ1v) is 20.0. The number of aliphatic hydroxyl groups excluding tert-OH is 1. The molecule has 6 aromatic rings. The van der Waals surface area contributed by atoms with E-state index in [2.05, 4.69) is 96.1 Å². The second kappa shape index (κ2) is 16.6. The monoisotopic (exact) mass is 909 g/mol. The molecule has 3 heterocycles. The maximum Gasteiger partial charge on any atom is 0.164 e. The molecule has 0 amide bonds. The summed E-state index contributed by atoms with van der Waals surface area (Å²) in [4.78, 5) is 18.4. The molecule has 1 radical (unpaired) electrons. The van der Waals surface area contributed by atoms with Crippen molar-refractivity contribution in [3.63, 3.8) is 0 Å². The number of nitrogens with zero attached hydrogens (tertiary/aromatic N) is 1. The molecule has 0 atom stereocenters. The minimum atomic E-state index is -0.337. The van der Waals surface area contributed by atoms with Crippen LogP contribution in [-0.2, 0) is 36.7 Å². The van der Waals surface area contributed by atoms with Gasteiger partial charge in [0.15, 0.2) is 5.78 Å². The van der Waals surface area contributed by atoms with Crippen molar-refractivity contribution in [1.29, 1.82) is 0 Å². The number of aromatic nitrogens is 1. The van der Waals surface area contributed by atoms with E-state index in [1.54, 1.807) is 0 Å². The van der Waals surface area contributed by atoms with Crippen molar-refractivity contribution >= 4 is 59.9 Å². The molecule has 0 aliphatic carbocycles. The predicted molar refractivity (Wildman–Crippen MR) is 224 cm³/mol. The fourth-order valence-electron chi connectivity index (χ4n) is 7.07. The van der Waals surface area contributed by atoms with Gasteiger partial charge in [-0.3, -0.25) is 9.78 Å². The minimum Gasteiger partial charge on any atom is -0.512 e. The molecule has 3 aromatic heterocycles. The third-order valence-electron chi connectivity index (χ3n) is 11.6. The third kappa shape index (κ3) is 8.36. The van der Waals surface area contributed by atoms with Crippen LogP contribution in [0.15, 0.2) is 71.0 Å². The minimum absolute atomic E-state index is 0. The van der Waals surface area contributed by atoms with Gasteiger partial charge in [0.25, 0.3) is 0 Å². The molecule has 0 unspecified atom stereocenters. The zero-order valence-electron chi connectivity index (χ0n) is 33.8. The largest absolute Gasteiger partial charge is 0.512 e.